The van der Waals surface area contributed by atoms with Crippen LogP contribution in [0.3, 0.4) is 0 Å². The molecule has 1 radical (unpaired) electrons. The van der Waals surface area contributed by atoms with Gasteiger partial charge in [0.1, 0.15) is 0 Å². The third kappa shape index (κ3) is 16.1. The van der Waals surface area contributed by atoms with Crippen molar-refractivity contribution in [3.05, 3.63) is 0 Å². The van der Waals surface area contributed by atoms with Crippen LogP contribution in [0.25, 0.3) is 0 Å². The van der Waals surface area contributed by atoms with Crippen LogP contribution >= 0.6 is 0 Å². The van der Waals surface area contributed by atoms with E-state index >= 15 is 0 Å². The Hall–Kier alpha value is -0.505. The van der Waals surface area contributed by atoms with E-state index in [1.807, 2.05) is 19.0 Å². The lowest BCUT2D eigenvalue weighted by atomic mass is 9.67. The predicted octanol–water partition coefficient (Wildman–Crippen LogP) is 5.74. The van der Waals surface area contributed by atoms with E-state index in [0.29, 0.717) is 0 Å². The summed E-state index contributed by atoms with van der Waals surface area (Å²) in [7, 11) is 5.32. The van der Waals surface area contributed by atoms with E-state index < -0.39 is 5.87 Å². The van der Waals surface area contributed by atoms with Crippen LogP contribution in [0.5, 0.6) is 0 Å². The molecule has 0 aliphatic carbocycles. The summed E-state index contributed by atoms with van der Waals surface area (Å²) in [5, 5.41) is 8.85. The van der Waals surface area contributed by atoms with E-state index in [1.54, 1.807) is 0 Å². The highest BCUT2D eigenvalue weighted by atomic mass is 16.4. The van der Waals surface area contributed by atoms with Crippen LogP contribution in [-0.2, 0) is 0 Å². The molecular formula is C19H39BNO2. The minimum absolute atomic E-state index is 0.0696. The highest BCUT2D eigenvalue weighted by Crippen LogP contribution is 2.14. The molecule has 0 fully saturated rings. The second kappa shape index (κ2) is 16.4. The molecule has 0 rings (SSSR count). The van der Waals surface area contributed by atoms with Crippen LogP contribution in [0.4, 0.5) is 4.79 Å². The summed E-state index contributed by atoms with van der Waals surface area (Å²) in [5.74, 6) is -0.737. The lowest BCUT2D eigenvalue weighted by molar-refractivity contribution is 0.217. The smallest absolute Gasteiger partial charge is 0.281 e. The summed E-state index contributed by atoms with van der Waals surface area (Å²) < 4.78 is 0. The molecule has 0 saturated carbocycles. The molecule has 0 amide bonds. The van der Waals surface area contributed by atoms with Crippen molar-refractivity contribution in [2.75, 3.05) is 14.1 Å². The molecule has 1 atom stereocenters. The van der Waals surface area contributed by atoms with Gasteiger partial charge >= 0.3 is 0 Å². The van der Waals surface area contributed by atoms with E-state index in [9.17, 15) is 4.79 Å². The summed E-state index contributed by atoms with van der Waals surface area (Å²) in [6, 6.07) is 0. The first-order valence-electron chi connectivity index (χ1n) is 9.82. The van der Waals surface area contributed by atoms with Crippen molar-refractivity contribution >= 4 is 13.1 Å². The standard InChI is InChI=1S/C19H39BNO2/c1-4-5-6-7-8-9-10-11-12-13-14-15-16-17-18(21(2)3)20-19(22)23/h18H,4-17H2,1-3H3,(H,22,23). The first-order chi connectivity index (χ1) is 11.1. The lowest BCUT2D eigenvalue weighted by Gasteiger charge is -2.21. The monoisotopic (exact) mass is 324 g/mol. The van der Waals surface area contributed by atoms with Crippen LogP contribution in [0.1, 0.15) is 96.8 Å². The second-order valence-corrected chi connectivity index (χ2v) is 7.07. The molecule has 0 aromatic carbocycles. The topological polar surface area (TPSA) is 40.5 Å². The maximum absolute atomic E-state index is 10.8. The predicted molar refractivity (Wildman–Crippen MR) is 102 cm³/mol. The molecule has 0 aromatic heterocycles. The van der Waals surface area contributed by atoms with Gasteiger partial charge in [0.15, 0.2) is 0 Å². The SMILES string of the molecule is CCCCCCCCCCCCCCCC([B]C(=O)O)N(C)C. The zero-order chi connectivity index (χ0) is 17.3. The first-order valence-corrected chi connectivity index (χ1v) is 9.82. The van der Waals surface area contributed by atoms with Crippen molar-refractivity contribution in [2.24, 2.45) is 0 Å². The highest BCUT2D eigenvalue weighted by molar-refractivity contribution is 6.72. The number of nitrogens with zero attached hydrogens (tertiary/aromatic N) is 1. The molecule has 1 N–H and O–H groups in total. The molecule has 4 heteroatoms. The summed E-state index contributed by atoms with van der Waals surface area (Å²) >= 11 is 0. The maximum Gasteiger partial charge on any atom is 0.281 e. The quantitative estimate of drug-likeness (QED) is 0.274. The molecule has 0 aromatic rings. The molecule has 135 valence electrons. The van der Waals surface area contributed by atoms with Gasteiger partial charge < -0.3 is 10.0 Å². The third-order valence-corrected chi connectivity index (χ3v) is 4.60. The van der Waals surface area contributed by atoms with Crippen molar-refractivity contribution in [2.45, 2.75) is 103 Å². The zero-order valence-electron chi connectivity index (χ0n) is 15.9. The molecular weight excluding hydrogens is 285 g/mol. The van der Waals surface area contributed by atoms with Crippen molar-refractivity contribution in [3.8, 4) is 0 Å². The first kappa shape index (κ1) is 22.5. The lowest BCUT2D eigenvalue weighted by Crippen LogP contribution is -2.37. The van der Waals surface area contributed by atoms with Crippen LogP contribution in [0.15, 0.2) is 0 Å². The van der Waals surface area contributed by atoms with E-state index in [1.165, 1.54) is 84.3 Å². The van der Waals surface area contributed by atoms with E-state index in [0.717, 1.165) is 12.8 Å². The Morgan fingerprint density at radius 1 is 0.826 bits per heavy atom. The van der Waals surface area contributed by atoms with Crippen molar-refractivity contribution in [3.63, 3.8) is 0 Å². The molecule has 0 heterocycles. The van der Waals surface area contributed by atoms with Gasteiger partial charge in [0.2, 0.25) is 5.87 Å². The number of hydrogen-bond donors (Lipinski definition) is 1. The van der Waals surface area contributed by atoms with Crippen molar-refractivity contribution < 1.29 is 9.90 Å². The number of unbranched alkanes of at least 4 members (excludes halogenated alkanes) is 12. The van der Waals surface area contributed by atoms with E-state index in [2.05, 4.69) is 6.92 Å². The van der Waals surface area contributed by atoms with Gasteiger partial charge in [-0.05, 0) is 26.5 Å². The Morgan fingerprint density at radius 3 is 1.57 bits per heavy atom. The Kier molecular flexibility index (Phi) is 16.0. The van der Waals surface area contributed by atoms with E-state index in [4.69, 9.17) is 5.11 Å². The van der Waals surface area contributed by atoms with Gasteiger partial charge in [0, 0.05) is 0 Å². The number of hydrogen-bond acceptors (Lipinski definition) is 2. The fraction of sp³-hybridized carbons (Fsp3) is 0.947. The average Bonchev–Trinajstić information content (AvgIpc) is 2.50. The normalized spacial score (nSPS) is 12.5. The van der Waals surface area contributed by atoms with Gasteiger partial charge in [-0.1, -0.05) is 90.4 Å². The van der Waals surface area contributed by atoms with Gasteiger partial charge in [-0.15, -0.1) is 0 Å². The van der Waals surface area contributed by atoms with Crippen LogP contribution in [0.2, 0.25) is 0 Å². The van der Waals surface area contributed by atoms with Crippen LogP contribution in [-0.4, -0.2) is 43.2 Å². The molecule has 0 bridgehead atoms. The van der Waals surface area contributed by atoms with Crippen LogP contribution in [0, 0.1) is 0 Å². The average molecular weight is 324 g/mol. The van der Waals surface area contributed by atoms with Crippen molar-refractivity contribution in [1.29, 1.82) is 0 Å². The Bertz CT molecular complexity index is 272. The second-order valence-electron chi connectivity index (χ2n) is 7.07. The van der Waals surface area contributed by atoms with Crippen molar-refractivity contribution in [1.82, 2.24) is 4.90 Å². The van der Waals surface area contributed by atoms with Gasteiger partial charge in [-0.25, -0.2) is 0 Å². The maximum atomic E-state index is 10.8. The molecule has 23 heavy (non-hydrogen) atoms. The minimum Gasteiger partial charge on any atom is -0.490 e. The molecule has 0 spiro atoms. The molecule has 3 nitrogen and oxygen atoms in total. The molecule has 1 unspecified atom stereocenters. The van der Waals surface area contributed by atoms with Gasteiger partial charge in [-0.2, -0.15) is 0 Å². The minimum atomic E-state index is -0.807. The fourth-order valence-corrected chi connectivity index (χ4v) is 3.03. The number of carbonyl (C=O) groups is 1. The van der Waals surface area contributed by atoms with Gasteiger partial charge in [0.25, 0.3) is 7.28 Å². The Morgan fingerprint density at radius 2 is 1.22 bits per heavy atom. The van der Waals surface area contributed by atoms with Gasteiger partial charge in [0.05, 0.1) is 0 Å². The fourth-order valence-electron chi connectivity index (χ4n) is 3.03. The Labute approximate surface area is 145 Å². The molecule has 0 aliphatic rings. The number of rotatable bonds is 17. The molecule has 0 aliphatic heterocycles. The largest absolute Gasteiger partial charge is 0.490 e. The van der Waals surface area contributed by atoms with Crippen LogP contribution < -0.4 is 0 Å². The Balaban J connectivity index is 3.30. The number of carboxylic acid groups (broad SMARTS) is 1. The highest BCUT2D eigenvalue weighted by Gasteiger charge is 2.17. The summed E-state index contributed by atoms with van der Waals surface area (Å²) in [6.07, 6.45) is 18.5. The summed E-state index contributed by atoms with van der Waals surface area (Å²) in [5.41, 5.74) is 0. The van der Waals surface area contributed by atoms with Gasteiger partial charge in [-0.3, -0.25) is 4.79 Å². The zero-order valence-corrected chi connectivity index (χ0v) is 15.9. The summed E-state index contributed by atoms with van der Waals surface area (Å²) in [6.45, 7) is 2.27. The molecule has 0 saturated heterocycles. The third-order valence-electron chi connectivity index (χ3n) is 4.60. The summed E-state index contributed by atoms with van der Waals surface area (Å²) in [4.78, 5) is 12.8. The van der Waals surface area contributed by atoms with E-state index in [-0.39, 0.29) is 5.94 Å².